The Morgan fingerprint density at radius 1 is 1.58 bits per heavy atom. The molecule has 0 bridgehead atoms. The fourth-order valence-electron chi connectivity index (χ4n) is 1.93. The Morgan fingerprint density at radius 3 is 2.89 bits per heavy atom. The zero-order chi connectivity index (χ0) is 13.8. The van der Waals surface area contributed by atoms with Gasteiger partial charge in [0.2, 0.25) is 11.8 Å². The molecule has 2 amide bonds. The lowest BCUT2D eigenvalue weighted by molar-refractivity contribution is -0.135. The third-order valence-corrected chi connectivity index (χ3v) is 4.20. The lowest BCUT2D eigenvalue weighted by atomic mass is 10.2. The summed E-state index contributed by atoms with van der Waals surface area (Å²) in [7, 11) is 0. The van der Waals surface area contributed by atoms with E-state index in [0.717, 1.165) is 9.21 Å². The van der Waals surface area contributed by atoms with Crippen LogP contribution in [0.25, 0.3) is 0 Å². The van der Waals surface area contributed by atoms with Gasteiger partial charge in [-0.2, -0.15) is 0 Å². The molecule has 0 aliphatic carbocycles. The topological polar surface area (TPSA) is 61.4 Å². The van der Waals surface area contributed by atoms with Crippen molar-refractivity contribution in [2.45, 2.75) is 19.5 Å². The summed E-state index contributed by atoms with van der Waals surface area (Å²) in [5, 5.41) is 5.64. The molecular formula is C12H16ClN3O2S. The smallest absolute Gasteiger partial charge is 0.241 e. The van der Waals surface area contributed by atoms with E-state index in [1.807, 2.05) is 19.1 Å². The first-order valence-electron chi connectivity index (χ1n) is 6.13. The highest BCUT2D eigenvalue weighted by molar-refractivity contribution is 7.16. The number of piperazine rings is 1. The number of hydrogen-bond donors (Lipinski definition) is 2. The molecule has 1 atom stereocenters. The summed E-state index contributed by atoms with van der Waals surface area (Å²) < 4.78 is 0.724. The van der Waals surface area contributed by atoms with Gasteiger partial charge in [0.15, 0.2) is 0 Å². The quantitative estimate of drug-likeness (QED) is 0.866. The van der Waals surface area contributed by atoms with Crippen molar-refractivity contribution >= 4 is 34.8 Å². The molecular weight excluding hydrogens is 286 g/mol. The number of thiophene rings is 1. The van der Waals surface area contributed by atoms with Crippen LogP contribution in [0, 0.1) is 0 Å². The Hall–Kier alpha value is -1.11. The SMILES string of the molecule is CCN(Cc1ccc(Cl)s1)C(=O)C1CNC(=O)CN1. The number of carbonyl (C=O) groups excluding carboxylic acids is 2. The first kappa shape index (κ1) is 14.3. The van der Waals surface area contributed by atoms with Crippen LogP contribution in [0.5, 0.6) is 0 Å². The van der Waals surface area contributed by atoms with Crippen LogP contribution in [0.3, 0.4) is 0 Å². The Morgan fingerprint density at radius 2 is 2.37 bits per heavy atom. The van der Waals surface area contributed by atoms with Crippen LogP contribution in [-0.4, -0.2) is 42.4 Å². The fourth-order valence-corrected chi connectivity index (χ4v) is 3.04. The second-order valence-corrected chi connectivity index (χ2v) is 6.10. The van der Waals surface area contributed by atoms with Gasteiger partial charge in [0.1, 0.15) is 6.04 Å². The predicted molar refractivity (Wildman–Crippen MR) is 75.2 cm³/mol. The summed E-state index contributed by atoms with van der Waals surface area (Å²) in [6.07, 6.45) is 0. The standard InChI is InChI=1S/C12H16ClN3O2S/c1-2-16(7-8-3-4-10(13)19-8)12(18)9-5-15-11(17)6-14-9/h3-4,9,14H,2,5-7H2,1H3,(H,15,17). The zero-order valence-electron chi connectivity index (χ0n) is 10.6. The van der Waals surface area contributed by atoms with E-state index in [0.29, 0.717) is 19.6 Å². The van der Waals surface area contributed by atoms with Crippen molar-refractivity contribution in [1.29, 1.82) is 0 Å². The third kappa shape index (κ3) is 3.68. The predicted octanol–water partition coefficient (Wildman–Crippen LogP) is 0.838. The highest BCUT2D eigenvalue weighted by Crippen LogP contribution is 2.22. The number of rotatable bonds is 4. The number of likely N-dealkylation sites (N-methyl/N-ethyl adjacent to an activating group) is 1. The number of amides is 2. The van der Waals surface area contributed by atoms with Gasteiger partial charge in [0, 0.05) is 18.0 Å². The number of hydrogen-bond acceptors (Lipinski definition) is 4. The third-order valence-electron chi connectivity index (χ3n) is 2.98. The molecule has 2 rings (SSSR count). The van der Waals surface area contributed by atoms with Gasteiger partial charge >= 0.3 is 0 Å². The number of halogens is 1. The van der Waals surface area contributed by atoms with Crippen molar-refractivity contribution in [3.63, 3.8) is 0 Å². The Kier molecular flexibility index (Phi) is 4.79. The molecule has 1 aliphatic rings. The van der Waals surface area contributed by atoms with Crippen LogP contribution in [0.15, 0.2) is 12.1 Å². The summed E-state index contributed by atoms with van der Waals surface area (Å²) in [5.74, 6) is -0.0656. The van der Waals surface area contributed by atoms with Crippen LogP contribution in [0.1, 0.15) is 11.8 Å². The summed E-state index contributed by atoms with van der Waals surface area (Å²) in [6.45, 7) is 3.66. The monoisotopic (exact) mass is 301 g/mol. The van der Waals surface area contributed by atoms with Gasteiger partial charge in [-0.05, 0) is 19.1 Å². The van der Waals surface area contributed by atoms with E-state index in [4.69, 9.17) is 11.6 Å². The minimum atomic E-state index is -0.340. The largest absolute Gasteiger partial charge is 0.353 e. The molecule has 0 spiro atoms. The summed E-state index contributed by atoms with van der Waals surface area (Å²) in [6, 6.07) is 3.42. The molecule has 1 aromatic rings. The maximum atomic E-state index is 12.3. The van der Waals surface area contributed by atoms with E-state index in [-0.39, 0.29) is 24.4 Å². The van der Waals surface area contributed by atoms with Gasteiger partial charge in [0.25, 0.3) is 0 Å². The Bertz CT molecular complexity index is 467. The van der Waals surface area contributed by atoms with E-state index < -0.39 is 0 Å². The van der Waals surface area contributed by atoms with Crippen LogP contribution < -0.4 is 10.6 Å². The first-order valence-corrected chi connectivity index (χ1v) is 7.32. The molecule has 104 valence electrons. The molecule has 0 saturated carbocycles. The maximum absolute atomic E-state index is 12.3. The van der Waals surface area contributed by atoms with Crippen molar-refractivity contribution in [3.05, 3.63) is 21.3 Å². The number of nitrogens with zero attached hydrogens (tertiary/aromatic N) is 1. The van der Waals surface area contributed by atoms with Gasteiger partial charge in [-0.15, -0.1) is 11.3 Å². The van der Waals surface area contributed by atoms with Crippen LogP contribution in [-0.2, 0) is 16.1 Å². The average Bonchev–Trinajstić information content (AvgIpc) is 2.81. The molecule has 2 heterocycles. The molecule has 2 N–H and O–H groups in total. The minimum absolute atomic E-state index is 0.00650. The van der Waals surface area contributed by atoms with Gasteiger partial charge in [0.05, 0.1) is 17.4 Å². The van der Waals surface area contributed by atoms with Gasteiger partial charge in [-0.3, -0.25) is 14.9 Å². The van der Waals surface area contributed by atoms with Crippen LogP contribution in [0.4, 0.5) is 0 Å². The Labute approximate surface area is 120 Å². The molecule has 1 saturated heterocycles. The average molecular weight is 302 g/mol. The normalized spacial score (nSPS) is 19.1. The molecule has 7 heteroatoms. The summed E-state index contributed by atoms with van der Waals surface area (Å²) in [4.78, 5) is 26.2. The van der Waals surface area contributed by atoms with Crippen LogP contribution >= 0.6 is 22.9 Å². The van der Waals surface area contributed by atoms with Crippen molar-refractivity contribution < 1.29 is 9.59 Å². The number of nitrogens with one attached hydrogen (secondary N) is 2. The molecule has 1 aromatic heterocycles. The zero-order valence-corrected chi connectivity index (χ0v) is 12.2. The van der Waals surface area contributed by atoms with Crippen molar-refractivity contribution in [2.75, 3.05) is 19.6 Å². The van der Waals surface area contributed by atoms with Crippen molar-refractivity contribution in [3.8, 4) is 0 Å². The highest BCUT2D eigenvalue weighted by Gasteiger charge is 2.27. The molecule has 19 heavy (non-hydrogen) atoms. The second kappa shape index (κ2) is 6.36. The maximum Gasteiger partial charge on any atom is 0.241 e. The molecule has 1 unspecified atom stereocenters. The van der Waals surface area contributed by atoms with E-state index >= 15 is 0 Å². The first-order chi connectivity index (χ1) is 9.10. The van der Waals surface area contributed by atoms with E-state index in [9.17, 15) is 9.59 Å². The second-order valence-electron chi connectivity index (χ2n) is 4.30. The van der Waals surface area contributed by atoms with E-state index in [1.165, 1.54) is 11.3 Å². The summed E-state index contributed by atoms with van der Waals surface area (Å²) >= 11 is 7.36. The van der Waals surface area contributed by atoms with E-state index in [1.54, 1.807) is 4.90 Å². The van der Waals surface area contributed by atoms with Crippen molar-refractivity contribution in [2.24, 2.45) is 0 Å². The lowest BCUT2D eigenvalue weighted by Gasteiger charge is -2.29. The molecule has 0 radical (unpaired) electrons. The molecule has 1 aliphatic heterocycles. The van der Waals surface area contributed by atoms with Crippen LogP contribution in [0.2, 0.25) is 4.34 Å². The van der Waals surface area contributed by atoms with E-state index in [2.05, 4.69) is 10.6 Å². The minimum Gasteiger partial charge on any atom is -0.353 e. The summed E-state index contributed by atoms with van der Waals surface area (Å²) in [5.41, 5.74) is 0. The molecule has 5 nitrogen and oxygen atoms in total. The van der Waals surface area contributed by atoms with Gasteiger partial charge in [-0.25, -0.2) is 0 Å². The highest BCUT2D eigenvalue weighted by atomic mass is 35.5. The van der Waals surface area contributed by atoms with Crippen molar-refractivity contribution in [1.82, 2.24) is 15.5 Å². The molecule has 0 aromatic carbocycles. The van der Waals surface area contributed by atoms with Gasteiger partial charge in [-0.1, -0.05) is 11.6 Å². The van der Waals surface area contributed by atoms with Gasteiger partial charge < -0.3 is 10.2 Å². The Balaban J connectivity index is 1.96. The fraction of sp³-hybridized carbons (Fsp3) is 0.500. The lowest BCUT2D eigenvalue weighted by Crippen LogP contribution is -2.58. The molecule has 1 fully saturated rings. The number of carbonyl (C=O) groups is 2.